The summed E-state index contributed by atoms with van der Waals surface area (Å²) >= 11 is 0. The monoisotopic (exact) mass is 260 g/mol. The Bertz CT molecular complexity index is 600. The van der Waals surface area contributed by atoms with Crippen LogP contribution in [0, 0.1) is 0 Å². The fourth-order valence-electron chi connectivity index (χ4n) is 2.52. The van der Waals surface area contributed by atoms with Crippen LogP contribution in [0.2, 0.25) is 0 Å². The Morgan fingerprint density at radius 1 is 1.63 bits per heavy atom. The summed E-state index contributed by atoms with van der Waals surface area (Å²) in [4.78, 5) is 16.1. The number of hydrogen-bond acceptors (Lipinski definition) is 4. The highest BCUT2D eigenvalue weighted by molar-refractivity contribution is 5.96. The van der Waals surface area contributed by atoms with Gasteiger partial charge in [-0.15, -0.1) is 0 Å². The number of esters is 1. The van der Waals surface area contributed by atoms with Gasteiger partial charge in [-0.3, -0.25) is 0 Å². The van der Waals surface area contributed by atoms with E-state index in [9.17, 15) is 4.79 Å². The lowest BCUT2D eigenvalue weighted by atomic mass is 10.2. The highest BCUT2D eigenvalue weighted by Crippen LogP contribution is 2.19. The molecule has 1 aliphatic rings. The first kappa shape index (κ1) is 12.2. The van der Waals surface area contributed by atoms with E-state index in [1.54, 1.807) is 12.3 Å². The maximum atomic E-state index is 11.7. The summed E-state index contributed by atoms with van der Waals surface area (Å²) in [6, 6.07) is 3.58. The lowest BCUT2D eigenvalue weighted by molar-refractivity contribution is 0.0602. The van der Waals surface area contributed by atoms with E-state index in [1.807, 2.05) is 16.7 Å². The van der Waals surface area contributed by atoms with Gasteiger partial charge >= 0.3 is 5.97 Å². The Morgan fingerprint density at radius 3 is 3.26 bits per heavy atom. The van der Waals surface area contributed by atoms with Gasteiger partial charge < -0.3 is 13.9 Å². The van der Waals surface area contributed by atoms with Crippen LogP contribution >= 0.6 is 0 Å². The zero-order chi connectivity index (χ0) is 13.2. The molecule has 0 aromatic carbocycles. The van der Waals surface area contributed by atoms with Gasteiger partial charge in [0.1, 0.15) is 5.82 Å². The van der Waals surface area contributed by atoms with Gasteiger partial charge in [0.25, 0.3) is 0 Å². The zero-order valence-electron chi connectivity index (χ0n) is 10.8. The molecule has 0 aliphatic carbocycles. The largest absolute Gasteiger partial charge is 0.465 e. The second-order valence-corrected chi connectivity index (χ2v) is 4.68. The molecule has 0 spiro atoms. The Labute approximate surface area is 111 Å². The lowest BCUT2D eigenvalue weighted by Gasteiger charge is -2.08. The summed E-state index contributed by atoms with van der Waals surface area (Å²) in [5, 5.41) is 0. The van der Waals surface area contributed by atoms with Crippen molar-refractivity contribution in [2.45, 2.75) is 25.4 Å². The number of pyridine rings is 1. The van der Waals surface area contributed by atoms with Crippen LogP contribution in [0.3, 0.4) is 0 Å². The second kappa shape index (κ2) is 5.01. The average Bonchev–Trinajstić information content (AvgIpc) is 3.08. The molecule has 3 rings (SSSR count). The minimum absolute atomic E-state index is 0.243. The van der Waals surface area contributed by atoms with E-state index >= 15 is 0 Å². The number of nitrogens with zero attached hydrogens (tertiary/aromatic N) is 2. The van der Waals surface area contributed by atoms with Crippen molar-refractivity contribution in [1.29, 1.82) is 0 Å². The Morgan fingerprint density at radius 2 is 2.53 bits per heavy atom. The average molecular weight is 260 g/mol. The van der Waals surface area contributed by atoms with Crippen molar-refractivity contribution in [2.75, 3.05) is 13.7 Å². The molecule has 3 heterocycles. The highest BCUT2D eigenvalue weighted by Gasteiger charge is 2.19. The molecule has 2 aromatic heterocycles. The summed E-state index contributed by atoms with van der Waals surface area (Å²) in [5.41, 5.74) is 1.32. The summed E-state index contributed by atoms with van der Waals surface area (Å²) in [7, 11) is 1.38. The molecule has 5 heteroatoms. The topological polar surface area (TPSA) is 52.8 Å². The van der Waals surface area contributed by atoms with E-state index < -0.39 is 0 Å². The maximum Gasteiger partial charge on any atom is 0.340 e. The molecule has 0 saturated carbocycles. The number of aromatic nitrogens is 2. The molecule has 0 radical (unpaired) electrons. The normalized spacial score (nSPS) is 18.9. The molecular formula is C14H16N2O3. The molecule has 1 unspecified atom stereocenters. The fourth-order valence-corrected chi connectivity index (χ4v) is 2.52. The molecule has 5 nitrogen and oxygen atoms in total. The van der Waals surface area contributed by atoms with Gasteiger partial charge in [-0.2, -0.15) is 0 Å². The first-order chi connectivity index (χ1) is 9.29. The minimum Gasteiger partial charge on any atom is -0.465 e. The van der Waals surface area contributed by atoms with E-state index in [0.29, 0.717) is 5.56 Å². The fraction of sp³-hybridized carbons (Fsp3) is 0.429. The smallest absolute Gasteiger partial charge is 0.340 e. The summed E-state index contributed by atoms with van der Waals surface area (Å²) in [5.74, 6) is 0.585. The number of fused-ring (bicyclic) bond motifs is 1. The van der Waals surface area contributed by atoms with Crippen molar-refractivity contribution in [1.82, 2.24) is 9.38 Å². The SMILES string of the molecule is COC(=O)c1cccn2c(CC3CCCO3)ncc12. The van der Waals surface area contributed by atoms with Crippen molar-refractivity contribution in [3.05, 3.63) is 35.9 Å². The van der Waals surface area contributed by atoms with Crippen LogP contribution in [-0.4, -0.2) is 35.2 Å². The summed E-state index contributed by atoms with van der Waals surface area (Å²) in [6.45, 7) is 0.835. The van der Waals surface area contributed by atoms with Gasteiger partial charge in [-0.25, -0.2) is 9.78 Å². The van der Waals surface area contributed by atoms with Crippen LogP contribution in [0.15, 0.2) is 24.5 Å². The second-order valence-electron chi connectivity index (χ2n) is 4.68. The Balaban J connectivity index is 1.96. The number of imidazole rings is 1. The van der Waals surface area contributed by atoms with Gasteiger partial charge in [-0.1, -0.05) is 0 Å². The molecular weight excluding hydrogens is 244 g/mol. The van der Waals surface area contributed by atoms with E-state index in [0.717, 1.165) is 37.2 Å². The molecule has 1 fully saturated rings. The highest BCUT2D eigenvalue weighted by atomic mass is 16.5. The van der Waals surface area contributed by atoms with Gasteiger partial charge in [0, 0.05) is 19.2 Å². The van der Waals surface area contributed by atoms with Crippen molar-refractivity contribution in [3.8, 4) is 0 Å². The zero-order valence-corrected chi connectivity index (χ0v) is 10.8. The minimum atomic E-state index is -0.339. The van der Waals surface area contributed by atoms with Crippen molar-refractivity contribution < 1.29 is 14.3 Å². The number of carbonyl (C=O) groups is 1. The molecule has 1 saturated heterocycles. The first-order valence-electron chi connectivity index (χ1n) is 6.44. The maximum absolute atomic E-state index is 11.7. The Kier molecular flexibility index (Phi) is 3.21. The van der Waals surface area contributed by atoms with Gasteiger partial charge in [-0.05, 0) is 25.0 Å². The Hall–Kier alpha value is -1.88. The standard InChI is InChI=1S/C14H16N2O3/c1-18-14(17)11-5-2-6-16-12(11)9-15-13(16)8-10-4-3-7-19-10/h2,5-6,9-10H,3-4,7-8H2,1H3. The predicted octanol–water partition coefficient (Wildman–Crippen LogP) is 1.84. The van der Waals surface area contributed by atoms with Crippen molar-refractivity contribution in [3.63, 3.8) is 0 Å². The quantitative estimate of drug-likeness (QED) is 0.790. The number of hydrogen-bond donors (Lipinski definition) is 0. The molecule has 19 heavy (non-hydrogen) atoms. The van der Waals surface area contributed by atoms with Crippen LogP contribution in [0.1, 0.15) is 29.0 Å². The molecule has 0 N–H and O–H groups in total. The molecule has 1 aliphatic heterocycles. The van der Waals surface area contributed by atoms with Gasteiger partial charge in [0.05, 0.1) is 30.5 Å². The van der Waals surface area contributed by atoms with E-state index in [-0.39, 0.29) is 12.1 Å². The molecule has 2 aromatic rings. The van der Waals surface area contributed by atoms with Crippen molar-refractivity contribution >= 4 is 11.5 Å². The number of methoxy groups -OCH3 is 1. The molecule has 0 amide bonds. The molecule has 0 bridgehead atoms. The molecule has 1 atom stereocenters. The van der Waals surface area contributed by atoms with Crippen LogP contribution in [-0.2, 0) is 15.9 Å². The van der Waals surface area contributed by atoms with Crippen LogP contribution in [0.25, 0.3) is 5.52 Å². The summed E-state index contributed by atoms with van der Waals surface area (Å²) in [6.07, 6.45) is 6.84. The number of carbonyl (C=O) groups excluding carboxylic acids is 1. The van der Waals surface area contributed by atoms with E-state index in [2.05, 4.69) is 4.98 Å². The lowest BCUT2D eigenvalue weighted by Crippen LogP contribution is -2.12. The van der Waals surface area contributed by atoms with Crippen LogP contribution < -0.4 is 0 Å². The molecule has 100 valence electrons. The number of rotatable bonds is 3. The number of ether oxygens (including phenoxy) is 2. The van der Waals surface area contributed by atoms with Crippen LogP contribution in [0.4, 0.5) is 0 Å². The van der Waals surface area contributed by atoms with E-state index in [1.165, 1.54) is 7.11 Å². The van der Waals surface area contributed by atoms with Gasteiger partial charge in [0.2, 0.25) is 0 Å². The summed E-state index contributed by atoms with van der Waals surface area (Å²) < 4.78 is 12.3. The van der Waals surface area contributed by atoms with Gasteiger partial charge in [0.15, 0.2) is 0 Å². The third-order valence-corrected chi connectivity index (χ3v) is 3.49. The van der Waals surface area contributed by atoms with E-state index in [4.69, 9.17) is 9.47 Å². The first-order valence-corrected chi connectivity index (χ1v) is 6.44. The third-order valence-electron chi connectivity index (χ3n) is 3.49. The third kappa shape index (κ3) is 2.21. The predicted molar refractivity (Wildman–Crippen MR) is 69.2 cm³/mol. The van der Waals surface area contributed by atoms with Crippen LogP contribution in [0.5, 0.6) is 0 Å². The van der Waals surface area contributed by atoms with Crippen molar-refractivity contribution in [2.24, 2.45) is 0 Å².